The van der Waals surface area contributed by atoms with Gasteiger partial charge in [0.05, 0.1) is 11.7 Å². The van der Waals surface area contributed by atoms with Crippen LogP contribution in [0.15, 0.2) is 53.1 Å². The van der Waals surface area contributed by atoms with Crippen LogP contribution in [0.4, 0.5) is 4.79 Å². The molecular formula is C16H13BrN2O2. The summed E-state index contributed by atoms with van der Waals surface area (Å²) in [5.41, 5.74) is 2.69. The fraction of sp³-hybridized carbons (Fsp3) is 0.125. The Bertz CT molecular complexity index is 797. The van der Waals surface area contributed by atoms with Crippen molar-refractivity contribution < 1.29 is 9.53 Å². The molecule has 106 valence electrons. The van der Waals surface area contributed by atoms with E-state index in [0.717, 1.165) is 26.5 Å². The number of ether oxygens (including phenoxy) is 1. The fourth-order valence-electron chi connectivity index (χ4n) is 2.25. The first-order chi connectivity index (χ1) is 10.1. The van der Waals surface area contributed by atoms with Crippen molar-refractivity contribution in [3.63, 3.8) is 0 Å². The zero-order valence-electron chi connectivity index (χ0n) is 11.4. The van der Waals surface area contributed by atoms with Crippen molar-refractivity contribution in [2.75, 3.05) is 0 Å². The maximum Gasteiger partial charge on any atom is 0.435 e. The van der Waals surface area contributed by atoms with Gasteiger partial charge in [-0.25, -0.2) is 4.79 Å². The second kappa shape index (κ2) is 5.69. The second-order valence-corrected chi connectivity index (χ2v) is 5.67. The molecule has 5 heteroatoms. The first kappa shape index (κ1) is 13.8. The molecule has 21 heavy (non-hydrogen) atoms. The molecule has 0 spiro atoms. The van der Waals surface area contributed by atoms with Crippen LogP contribution in [0.5, 0.6) is 0 Å². The van der Waals surface area contributed by atoms with Crippen molar-refractivity contribution in [2.24, 2.45) is 0 Å². The normalized spacial score (nSPS) is 10.8. The summed E-state index contributed by atoms with van der Waals surface area (Å²) in [5.74, 6) is 0. The maximum absolute atomic E-state index is 12.2. The summed E-state index contributed by atoms with van der Waals surface area (Å²) in [6.45, 7) is 2.17. The molecule has 0 aliphatic rings. The van der Waals surface area contributed by atoms with E-state index in [0.29, 0.717) is 0 Å². The monoisotopic (exact) mass is 344 g/mol. The molecule has 1 aromatic heterocycles. The van der Waals surface area contributed by atoms with E-state index in [-0.39, 0.29) is 6.61 Å². The summed E-state index contributed by atoms with van der Waals surface area (Å²) in [6.07, 6.45) is 1.19. The quantitative estimate of drug-likeness (QED) is 0.696. The van der Waals surface area contributed by atoms with Gasteiger partial charge in [-0.1, -0.05) is 46.3 Å². The Morgan fingerprint density at radius 2 is 2.05 bits per heavy atom. The minimum atomic E-state index is -0.473. The minimum absolute atomic E-state index is 0.233. The van der Waals surface area contributed by atoms with Crippen molar-refractivity contribution in [1.82, 2.24) is 9.78 Å². The molecule has 0 saturated carbocycles. The third-order valence-electron chi connectivity index (χ3n) is 3.20. The van der Waals surface area contributed by atoms with Crippen LogP contribution in [-0.4, -0.2) is 15.9 Å². The number of aromatic nitrogens is 2. The molecule has 0 bridgehead atoms. The number of carbonyl (C=O) groups excluding carboxylic acids is 1. The van der Waals surface area contributed by atoms with Crippen LogP contribution >= 0.6 is 15.9 Å². The van der Waals surface area contributed by atoms with Gasteiger partial charge in [0, 0.05) is 9.86 Å². The van der Waals surface area contributed by atoms with E-state index in [2.05, 4.69) is 21.0 Å². The van der Waals surface area contributed by atoms with Gasteiger partial charge in [-0.15, -0.1) is 0 Å². The number of hydrogen-bond acceptors (Lipinski definition) is 3. The zero-order chi connectivity index (χ0) is 14.8. The minimum Gasteiger partial charge on any atom is -0.443 e. The van der Waals surface area contributed by atoms with Gasteiger partial charge < -0.3 is 4.74 Å². The molecule has 0 aliphatic carbocycles. The lowest BCUT2D eigenvalue weighted by Gasteiger charge is -2.07. The SMILES string of the molecule is Cc1cc(Br)cc2cnn(C(=O)OCc3ccccc3)c12. The molecule has 0 radical (unpaired) electrons. The highest BCUT2D eigenvalue weighted by Gasteiger charge is 2.14. The maximum atomic E-state index is 12.2. The van der Waals surface area contributed by atoms with E-state index < -0.39 is 6.09 Å². The highest BCUT2D eigenvalue weighted by atomic mass is 79.9. The summed E-state index contributed by atoms with van der Waals surface area (Å²) >= 11 is 3.44. The van der Waals surface area contributed by atoms with Gasteiger partial charge in [-0.05, 0) is 30.2 Å². The summed E-state index contributed by atoms with van der Waals surface area (Å²) < 4.78 is 7.58. The molecule has 0 fully saturated rings. The third-order valence-corrected chi connectivity index (χ3v) is 3.65. The van der Waals surface area contributed by atoms with Crippen LogP contribution < -0.4 is 0 Å². The number of benzene rings is 2. The van der Waals surface area contributed by atoms with E-state index in [1.807, 2.05) is 49.4 Å². The first-order valence-electron chi connectivity index (χ1n) is 6.50. The largest absolute Gasteiger partial charge is 0.443 e. The lowest BCUT2D eigenvalue weighted by atomic mass is 10.2. The molecule has 0 amide bonds. The van der Waals surface area contributed by atoms with E-state index in [9.17, 15) is 4.79 Å². The van der Waals surface area contributed by atoms with E-state index in [1.54, 1.807) is 6.20 Å². The summed E-state index contributed by atoms with van der Waals surface area (Å²) in [5, 5.41) is 5.03. The van der Waals surface area contributed by atoms with Crippen LogP contribution in [0.25, 0.3) is 10.9 Å². The van der Waals surface area contributed by atoms with Crippen LogP contribution in [0.3, 0.4) is 0 Å². The summed E-state index contributed by atoms with van der Waals surface area (Å²) in [6, 6.07) is 13.4. The van der Waals surface area contributed by atoms with Gasteiger partial charge in [0.15, 0.2) is 0 Å². The molecule has 1 heterocycles. The number of fused-ring (bicyclic) bond motifs is 1. The van der Waals surface area contributed by atoms with Crippen LogP contribution in [-0.2, 0) is 11.3 Å². The van der Waals surface area contributed by atoms with Gasteiger partial charge in [0.25, 0.3) is 0 Å². The molecule has 2 aromatic carbocycles. The Morgan fingerprint density at radius 1 is 1.29 bits per heavy atom. The standard InChI is InChI=1S/C16H13BrN2O2/c1-11-7-14(17)8-13-9-18-19(15(11)13)16(20)21-10-12-5-3-2-4-6-12/h2-9H,10H2,1H3. The summed E-state index contributed by atoms with van der Waals surface area (Å²) in [7, 11) is 0. The Morgan fingerprint density at radius 3 is 2.81 bits per heavy atom. The Labute approximate surface area is 130 Å². The van der Waals surface area contributed by atoms with E-state index in [1.165, 1.54) is 4.68 Å². The molecule has 3 aromatic rings. The van der Waals surface area contributed by atoms with Gasteiger partial charge >= 0.3 is 6.09 Å². The van der Waals surface area contributed by atoms with Crippen LogP contribution in [0, 0.1) is 6.92 Å². The molecule has 0 atom stereocenters. The number of nitrogens with zero attached hydrogens (tertiary/aromatic N) is 2. The lowest BCUT2D eigenvalue weighted by Crippen LogP contribution is -2.15. The van der Waals surface area contributed by atoms with Crippen molar-refractivity contribution in [3.05, 3.63) is 64.3 Å². The van der Waals surface area contributed by atoms with Crippen molar-refractivity contribution >= 4 is 32.9 Å². The average molecular weight is 345 g/mol. The molecule has 4 nitrogen and oxygen atoms in total. The molecular weight excluding hydrogens is 332 g/mol. The predicted molar refractivity (Wildman–Crippen MR) is 84.2 cm³/mol. The summed E-state index contributed by atoms with van der Waals surface area (Å²) in [4.78, 5) is 12.2. The first-order valence-corrected chi connectivity index (χ1v) is 7.29. The van der Waals surface area contributed by atoms with Crippen molar-refractivity contribution in [1.29, 1.82) is 0 Å². The number of rotatable bonds is 2. The number of halogens is 1. The highest BCUT2D eigenvalue weighted by Crippen LogP contribution is 2.23. The molecule has 0 N–H and O–H groups in total. The molecule has 0 saturated heterocycles. The number of aryl methyl sites for hydroxylation is 1. The van der Waals surface area contributed by atoms with Crippen LogP contribution in [0.1, 0.15) is 11.1 Å². The topological polar surface area (TPSA) is 44.1 Å². The molecule has 0 aliphatic heterocycles. The highest BCUT2D eigenvalue weighted by molar-refractivity contribution is 9.10. The lowest BCUT2D eigenvalue weighted by molar-refractivity contribution is 0.139. The Balaban J connectivity index is 1.85. The van der Waals surface area contributed by atoms with Gasteiger partial charge in [-0.2, -0.15) is 9.78 Å². The Hall–Kier alpha value is -2.14. The average Bonchev–Trinajstić information content (AvgIpc) is 2.90. The zero-order valence-corrected chi connectivity index (χ0v) is 13.0. The molecule has 3 rings (SSSR count). The Kier molecular flexibility index (Phi) is 3.75. The fourth-order valence-corrected chi connectivity index (χ4v) is 2.84. The van der Waals surface area contributed by atoms with Crippen molar-refractivity contribution in [3.8, 4) is 0 Å². The predicted octanol–water partition coefficient (Wildman–Crippen LogP) is 4.29. The number of hydrogen-bond donors (Lipinski definition) is 0. The van der Waals surface area contributed by atoms with Gasteiger partial charge in [0.2, 0.25) is 0 Å². The molecule has 0 unspecified atom stereocenters. The second-order valence-electron chi connectivity index (χ2n) is 4.76. The van der Waals surface area contributed by atoms with E-state index >= 15 is 0 Å². The van der Waals surface area contributed by atoms with E-state index in [4.69, 9.17) is 4.74 Å². The van der Waals surface area contributed by atoms with Crippen molar-refractivity contribution in [2.45, 2.75) is 13.5 Å². The number of carbonyl (C=O) groups is 1. The van der Waals surface area contributed by atoms with Gasteiger partial charge in [-0.3, -0.25) is 0 Å². The van der Waals surface area contributed by atoms with Crippen LogP contribution in [0.2, 0.25) is 0 Å². The van der Waals surface area contributed by atoms with Gasteiger partial charge in [0.1, 0.15) is 6.61 Å². The third kappa shape index (κ3) is 2.83. The smallest absolute Gasteiger partial charge is 0.435 e.